The van der Waals surface area contributed by atoms with E-state index < -0.39 is 0 Å². The lowest BCUT2D eigenvalue weighted by Crippen LogP contribution is -1.97. The van der Waals surface area contributed by atoms with Crippen molar-refractivity contribution < 1.29 is 0 Å². The Bertz CT molecular complexity index is 691. The first-order valence-corrected chi connectivity index (χ1v) is 4.95. The fourth-order valence-electron chi connectivity index (χ4n) is 1.84. The van der Waals surface area contributed by atoms with Gasteiger partial charge < -0.3 is 11.5 Å². The zero-order valence-corrected chi connectivity index (χ0v) is 8.51. The Morgan fingerprint density at radius 1 is 0.938 bits per heavy atom. The summed E-state index contributed by atoms with van der Waals surface area (Å²) in [6.07, 6.45) is 3.32. The molecule has 0 unspecified atom stereocenters. The summed E-state index contributed by atoms with van der Waals surface area (Å²) in [6.45, 7) is 0. The molecule has 0 bridgehead atoms. The van der Waals surface area contributed by atoms with Gasteiger partial charge in [0.2, 0.25) is 0 Å². The van der Waals surface area contributed by atoms with Gasteiger partial charge in [-0.2, -0.15) is 0 Å². The molecule has 3 rings (SSSR count). The molecule has 0 aliphatic carbocycles. The normalized spacial score (nSPS) is 11.0. The first-order chi connectivity index (χ1) is 7.77. The first-order valence-electron chi connectivity index (χ1n) is 4.95. The van der Waals surface area contributed by atoms with E-state index in [-0.39, 0.29) is 0 Å². The summed E-state index contributed by atoms with van der Waals surface area (Å²) < 4.78 is 0. The third kappa shape index (κ3) is 1.10. The maximum atomic E-state index is 5.92. The average molecular weight is 210 g/mol. The molecule has 0 aliphatic rings. The molecule has 0 radical (unpaired) electrons. The largest absolute Gasteiger partial charge is 0.396 e. The predicted molar refractivity (Wildman–Crippen MR) is 65.9 cm³/mol. The number of hydrogen-bond acceptors (Lipinski definition) is 4. The Labute approximate surface area is 91.9 Å². The molecular formula is C12H10N4. The van der Waals surface area contributed by atoms with Crippen LogP contribution in [0.1, 0.15) is 0 Å². The molecular weight excluding hydrogens is 200 g/mol. The standard InChI is InChI=1S/C12H10N4/c13-9-6-16-12-8(10(9)14)4-3-7-2-1-5-15-11(7)12/h1-6H,13H2,(H2,14,16). The molecule has 3 aromatic rings. The van der Waals surface area contributed by atoms with Gasteiger partial charge in [0.05, 0.1) is 28.6 Å². The van der Waals surface area contributed by atoms with Gasteiger partial charge in [0, 0.05) is 17.0 Å². The summed E-state index contributed by atoms with van der Waals surface area (Å²) in [5.74, 6) is 0. The van der Waals surface area contributed by atoms with E-state index >= 15 is 0 Å². The van der Waals surface area contributed by atoms with Gasteiger partial charge in [-0.05, 0) is 12.1 Å². The molecule has 0 saturated heterocycles. The molecule has 4 N–H and O–H groups in total. The van der Waals surface area contributed by atoms with Crippen LogP contribution in [0.25, 0.3) is 21.8 Å². The highest BCUT2D eigenvalue weighted by molar-refractivity contribution is 6.08. The third-order valence-electron chi connectivity index (χ3n) is 2.68. The number of aromatic nitrogens is 2. The fraction of sp³-hybridized carbons (Fsp3) is 0. The molecule has 1 aromatic carbocycles. The number of nitrogen functional groups attached to an aromatic ring is 2. The van der Waals surface area contributed by atoms with E-state index in [2.05, 4.69) is 9.97 Å². The number of anilines is 2. The van der Waals surface area contributed by atoms with Crippen molar-refractivity contribution in [2.24, 2.45) is 0 Å². The highest BCUT2D eigenvalue weighted by atomic mass is 14.8. The molecule has 4 nitrogen and oxygen atoms in total. The van der Waals surface area contributed by atoms with Crippen LogP contribution in [0.3, 0.4) is 0 Å². The Morgan fingerprint density at radius 2 is 1.81 bits per heavy atom. The van der Waals surface area contributed by atoms with Gasteiger partial charge in [-0.25, -0.2) is 0 Å². The van der Waals surface area contributed by atoms with Crippen LogP contribution < -0.4 is 11.5 Å². The molecule has 0 saturated carbocycles. The SMILES string of the molecule is Nc1cnc2c(ccc3cccnc32)c1N. The lowest BCUT2D eigenvalue weighted by molar-refractivity contribution is 1.38. The quantitative estimate of drug-likeness (QED) is 0.556. The minimum Gasteiger partial charge on any atom is -0.396 e. The molecule has 2 aromatic heterocycles. The number of nitrogens with zero attached hydrogens (tertiary/aromatic N) is 2. The minimum atomic E-state index is 0.503. The second-order valence-electron chi connectivity index (χ2n) is 3.66. The van der Waals surface area contributed by atoms with Crippen LogP contribution in [-0.2, 0) is 0 Å². The highest BCUT2D eigenvalue weighted by Gasteiger charge is 2.06. The summed E-state index contributed by atoms with van der Waals surface area (Å²) in [5, 5.41) is 1.90. The van der Waals surface area contributed by atoms with E-state index in [4.69, 9.17) is 11.5 Å². The van der Waals surface area contributed by atoms with E-state index in [9.17, 15) is 0 Å². The predicted octanol–water partition coefficient (Wildman–Crippen LogP) is 1.95. The van der Waals surface area contributed by atoms with Crippen LogP contribution in [0, 0.1) is 0 Å². The molecule has 78 valence electrons. The number of rotatable bonds is 0. The minimum absolute atomic E-state index is 0.503. The monoisotopic (exact) mass is 210 g/mol. The molecule has 16 heavy (non-hydrogen) atoms. The Hall–Kier alpha value is -2.36. The van der Waals surface area contributed by atoms with Gasteiger partial charge >= 0.3 is 0 Å². The zero-order valence-electron chi connectivity index (χ0n) is 8.51. The fourth-order valence-corrected chi connectivity index (χ4v) is 1.84. The second kappa shape index (κ2) is 3.06. The van der Waals surface area contributed by atoms with Crippen molar-refractivity contribution >= 4 is 33.2 Å². The summed E-state index contributed by atoms with van der Waals surface area (Å²) in [6, 6.07) is 7.80. The van der Waals surface area contributed by atoms with E-state index in [1.165, 1.54) is 0 Å². The van der Waals surface area contributed by atoms with Crippen molar-refractivity contribution in [3.8, 4) is 0 Å². The topological polar surface area (TPSA) is 77.8 Å². The number of benzene rings is 1. The van der Waals surface area contributed by atoms with Crippen molar-refractivity contribution in [2.45, 2.75) is 0 Å². The van der Waals surface area contributed by atoms with Crippen molar-refractivity contribution in [1.29, 1.82) is 0 Å². The number of nitrogens with two attached hydrogens (primary N) is 2. The highest BCUT2D eigenvalue weighted by Crippen LogP contribution is 2.28. The van der Waals surface area contributed by atoms with E-state index in [0.717, 1.165) is 21.8 Å². The summed E-state index contributed by atoms with van der Waals surface area (Å²) in [4.78, 5) is 8.62. The van der Waals surface area contributed by atoms with Crippen LogP contribution >= 0.6 is 0 Å². The molecule has 0 aliphatic heterocycles. The molecule has 0 amide bonds. The number of hydrogen-bond donors (Lipinski definition) is 2. The average Bonchev–Trinajstić information content (AvgIpc) is 2.33. The maximum absolute atomic E-state index is 5.92. The van der Waals surface area contributed by atoms with Crippen molar-refractivity contribution in [2.75, 3.05) is 11.5 Å². The number of fused-ring (bicyclic) bond motifs is 3. The van der Waals surface area contributed by atoms with Gasteiger partial charge in [-0.1, -0.05) is 12.1 Å². The zero-order chi connectivity index (χ0) is 11.1. The summed E-state index contributed by atoms with van der Waals surface area (Å²) in [5.41, 5.74) is 14.4. The molecule has 4 heteroatoms. The lowest BCUT2D eigenvalue weighted by atomic mass is 10.1. The van der Waals surface area contributed by atoms with Crippen molar-refractivity contribution in [3.63, 3.8) is 0 Å². The van der Waals surface area contributed by atoms with Crippen LogP contribution in [0.5, 0.6) is 0 Å². The second-order valence-corrected chi connectivity index (χ2v) is 3.66. The number of pyridine rings is 2. The van der Waals surface area contributed by atoms with E-state index in [1.807, 2.05) is 24.3 Å². The van der Waals surface area contributed by atoms with Gasteiger partial charge in [0.15, 0.2) is 0 Å². The lowest BCUT2D eigenvalue weighted by Gasteiger charge is -2.06. The maximum Gasteiger partial charge on any atom is 0.0986 e. The Morgan fingerprint density at radius 3 is 2.69 bits per heavy atom. The first kappa shape index (κ1) is 8.91. The van der Waals surface area contributed by atoms with Gasteiger partial charge in [-0.3, -0.25) is 9.97 Å². The van der Waals surface area contributed by atoms with E-state index in [0.29, 0.717) is 11.4 Å². The Kier molecular flexibility index (Phi) is 1.71. The van der Waals surface area contributed by atoms with Gasteiger partial charge in [0.1, 0.15) is 0 Å². The molecule has 0 fully saturated rings. The van der Waals surface area contributed by atoms with Crippen molar-refractivity contribution in [1.82, 2.24) is 9.97 Å². The third-order valence-corrected chi connectivity index (χ3v) is 2.68. The molecule has 2 heterocycles. The van der Waals surface area contributed by atoms with Crippen LogP contribution in [0.2, 0.25) is 0 Å². The van der Waals surface area contributed by atoms with E-state index in [1.54, 1.807) is 12.4 Å². The molecule has 0 atom stereocenters. The van der Waals surface area contributed by atoms with Crippen LogP contribution in [-0.4, -0.2) is 9.97 Å². The van der Waals surface area contributed by atoms with Gasteiger partial charge in [-0.15, -0.1) is 0 Å². The molecule has 0 spiro atoms. The smallest absolute Gasteiger partial charge is 0.0986 e. The summed E-state index contributed by atoms with van der Waals surface area (Å²) >= 11 is 0. The van der Waals surface area contributed by atoms with Crippen LogP contribution in [0.15, 0.2) is 36.7 Å². The van der Waals surface area contributed by atoms with Crippen LogP contribution in [0.4, 0.5) is 11.4 Å². The van der Waals surface area contributed by atoms with Gasteiger partial charge in [0.25, 0.3) is 0 Å². The van der Waals surface area contributed by atoms with Crippen molar-refractivity contribution in [3.05, 3.63) is 36.7 Å². The summed E-state index contributed by atoms with van der Waals surface area (Å²) in [7, 11) is 0. The Balaban J connectivity index is 2.58.